The third-order valence-corrected chi connectivity index (χ3v) is 4.71. The van der Waals surface area contributed by atoms with E-state index >= 15 is 0 Å². The van der Waals surface area contributed by atoms with Crippen molar-refractivity contribution in [1.82, 2.24) is 14.5 Å². The SMILES string of the molecule is CC(O)c1cccc([C@@H](Nc2nc(=O)n(C3CCOCC3)c(=O)[nH]2)C(F)F)c1. The highest BCUT2D eigenvalue weighted by molar-refractivity contribution is 5.34. The monoisotopic (exact) mass is 396 g/mol. The highest BCUT2D eigenvalue weighted by atomic mass is 19.3. The Labute approximate surface area is 159 Å². The number of anilines is 1. The lowest BCUT2D eigenvalue weighted by molar-refractivity contribution is 0.0670. The number of benzene rings is 1. The minimum absolute atomic E-state index is 0.199. The molecule has 10 heteroatoms. The number of aliphatic hydroxyl groups is 1. The van der Waals surface area contributed by atoms with Gasteiger partial charge in [-0.3, -0.25) is 4.98 Å². The molecule has 1 aliphatic rings. The predicted molar refractivity (Wildman–Crippen MR) is 97.7 cm³/mol. The number of hydrogen-bond donors (Lipinski definition) is 3. The average molecular weight is 396 g/mol. The molecule has 8 nitrogen and oxygen atoms in total. The van der Waals surface area contributed by atoms with Gasteiger partial charge in [-0.2, -0.15) is 4.98 Å². The second-order valence-corrected chi connectivity index (χ2v) is 6.69. The summed E-state index contributed by atoms with van der Waals surface area (Å²) in [6.45, 7) is 2.40. The molecule has 28 heavy (non-hydrogen) atoms. The van der Waals surface area contributed by atoms with E-state index < -0.39 is 30.0 Å². The van der Waals surface area contributed by atoms with Crippen molar-refractivity contribution in [2.45, 2.75) is 44.4 Å². The molecule has 1 saturated heterocycles. The van der Waals surface area contributed by atoms with Gasteiger partial charge in [0.25, 0.3) is 6.43 Å². The molecule has 3 rings (SSSR count). The molecule has 152 valence electrons. The summed E-state index contributed by atoms with van der Waals surface area (Å²) in [5.74, 6) is -0.328. The summed E-state index contributed by atoms with van der Waals surface area (Å²) in [5.41, 5.74) is -0.838. The number of rotatable bonds is 6. The van der Waals surface area contributed by atoms with E-state index in [-0.39, 0.29) is 17.6 Å². The predicted octanol–water partition coefficient (Wildman–Crippen LogP) is 1.75. The van der Waals surface area contributed by atoms with Crippen molar-refractivity contribution in [3.8, 4) is 0 Å². The summed E-state index contributed by atoms with van der Waals surface area (Å²) in [5, 5.41) is 12.1. The van der Waals surface area contributed by atoms with Crippen LogP contribution in [-0.2, 0) is 4.74 Å². The molecule has 1 aliphatic heterocycles. The van der Waals surface area contributed by atoms with Gasteiger partial charge in [-0.15, -0.1) is 0 Å². The first-order chi connectivity index (χ1) is 13.4. The molecule has 1 aromatic carbocycles. The van der Waals surface area contributed by atoms with E-state index in [0.29, 0.717) is 31.6 Å². The van der Waals surface area contributed by atoms with Gasteiger partial charge in [0.05, 0.1) is 6.10 Å². The van der Waals surface area contributed by atoms with Crippen LogP contribution >= 0.6 is 0 Å². The Morgan fingerprint density at radius 1 is 1.29 bits per heavy atom. The summed E-state index contributed by atoms with van der Waals surface area (Å²) in [4.78, 5) is 30.8. The molecule has 2 atom stereocenters. The Kier molecular flexibility index (Phi) is 6.20. The largest absolute Gasteiger partial charge is 0.389 e. The van der Waals surface area contributed by atoms with Gasteiger partial charge < -0.3 is 15.2 Å². The molecule has 1 fully saturated rings. The smallest absolute Gasteiger partial charge is 0.355 e. The number of aromatic amines is 1. The Morgan fingerprint density at radius 3 is 2.57 bits per heavy atom. The third kappa shape index (κ3) is 4.45. The number of aliphatic hydroxyl groups excluding tert-OH is 1. The molecule has 0 saturated carbocycles. The summed E-state index contributed by atoms with van der Waals surface area (Å²) < 4.78 is 33.5. The molecule has 0 radical (unpaired) electrons. The Balaban J connectivity index is 1.89. The first kappa shape index (κ1) is 20.2. The first-order valence-corrected chi connectivity index (χ1v) is 9.00. The Bertz CT molecular complexity index is 891. The molecule has 0 bridgehead atoms. The molecule has 0 amide bonds. The zero-order chi connectivity index (χ0) is 20.3. The van der Waals surface area contributed by atoms with Crippen molar-refractivity contribution < 1.29 is 18.6 Å². The molecular formula is C18H22F2N4O4. The van der Waals surface area contributed by atoms with E-state index in [1.165, 1.54) is 19.1 Å². The molecule has 1 unspecified atom stereocenters. The first-order valence-electron chi connectivity index (χ1n) is 9.00. The fourth-order valence-electron chi connectivity index (χ4n) is 3.21. The van der Waals surface area contributed by atoms with Crippen LogP contribution in [0, 0.1) is 0 Å². The zero-order valence-corrected chi connectivity index (χ0v) is 15.3. The van der Waals surface area contributed by atoms with Gasteiger partial charge in [0.1, 0.15) is 6.04 Å². The lowest BCUT2D eigenvalue weighted by Crippen LogP contribution is -2.42. The van der Waals surface area contributed by atoms with Gasteiger partial charge in [0.2, 0.25) is 5.95 Å². The number of H-pyrrole nitrogens is 1. The molecular weight excluding hydrogens is 374 g/mol. The van der Waals surface area contributed by atoms with Crippen LogP contribution in [0.25, 0.3) is 0 Å². The van der Waals surface area contributed by atoms with Crippen LogP contribution in [-0.4, -0.2) is 39.3 Å². The highest BCUT2D eigenvalue weighted by Crippen LogP contribution is 2.26. The molecule has 0 aliphatic carbocycles. The summed E-state index contributed by atoms with van der Waals surface area (Å²) in [6.07, 6.45) is -2.65. The van der Waals surface area contributed by atoms with Crippen molar-refractivity contribution in [3.05, 3.63) is 56.4 Å². The maximum absolute atomic E-state index is 13.6. The van der Waals surface area contributed by atoms with Gasteiger partial charge in [-0.1, -0.05) is 24.3 Å². The third-order valence-electron chi connectivity index (χ3n) is 4.71. The molecule has 2 heterocycles. The van der Waals surface area contributed by atoms with Crippen LogP contribution in [0.3, 0.4) is 0 Å². The van der Waals surface area contributed by atoms with Crippen LogP contribution in [0.2, 0.25) is 0 Å². The van der Waals surface area contributed by atoms with Crippen LogP contribution in [0.4, 0.5) is 14.7 Å². The number of hydrogen-bond acceptors (Lipinski definition) is 6. The maximum atomic E-state index is 13.6. The van der Waals surface area contributed by atoms with Crippen LogP contribution < -0.4 is 16.7 Å². The zero-order valence-electron chi connectivity index (χ0n) is 15.3. The fraction of sp³-hybridized carbons (Fsp3) is 0.500. The number of alkyl halides is 2. The minimum Gasteiger partial charge on any atom is -0.389 e. The van der Waals surface area contributed by atoms with Gasteiger partial charge >= 0.3 is 11.4 Å². The number of halogens is 2. The van der Waals surface area contributed by atoms with Crippen molar-refractivity contribution in [1.29, 1.82) is 0 Å². The van der Waals surface area contributed by atoms with Crippen LogP contribution in [0.1, 0.15) is 49.1 Å². The second kappa shape index (κ2) is 8.61. The van der Waals surface area contributed by atoms with Crippen molar-refractivity contribution in [2.75, 3.05) is 18.5 Å². The highest BCUT2D eigenvalue weighted by Gasteiger charge is 2.25. The molecule has 1 aromatic heterocycles. The number of ether oxygens (including phenoxy) is 1. The topological polar surface area (TPSA) is 109 Å². The maximum Gasteiger partial charge on any atom is 0.355 e. The van der Waals surface area contributed by atoms with Gasteiger partial charge in [0.15, 0.2) is 0 Å². The van der Waals surface area contributed by atoms with E-state index in [1.54, 1.807) is 12.1 Å². The van der Waals surface area contributed by atoms with E-state index in [2.05, 4.69) is 15.3 Å². The fourth-order valence-corrected chi connectivity index (χ4v) is 3.21. The lowest BCUT2D eigenvalue weighted by atomic mass is 10.0. The van der Waals surface area contributed by atoms with E-state index in [4.69, 9.17) is 4.74 Å². The Morgan fingerprint density at radius 2 is 1.96 bits per heavy atom. The van der Waals surface area contributed by atoms with Gasteiger partial charge in [0, 0.05) is 19.3 Å². The second-order valence-electron chi connectivity index (χ2n) is 6.69. The van der Waals surface area contributed by atoms with Crippen LogP contribution in [0.5, 0.6) is 0 Å². The number of aromatic nitrogens is 3. The van der Waals surface area contributed by atoms with Gasteiger partial charge in [-0.05, 0) is 30.9 Å². The summed E-state index contributed by atoms with van der Waals surface area (Å²) >= 11 is 0. The van der Waals surface area contributed by atoms with Crippen LogP contribution in [0.15, 0.2) is 33.9 Å². The lowest BCUT2D eigenvalue weighted by Gasteiger charge is -2.23. The standard InChI is InChI=1S/C18H22F2N4O4/c1-10(25)11-3-2-4-12(9-11)14(15(19)20)21-16-22-17(26)24(18(27)23-16)13-5-7-28-8-6-13/h2-4,9-10,13-15,25H,5-8H2,1H3,(H2,21,22,23,26,27)/t10?,14-/m1/s1. The van der Waals surface area contributed by atoms with Crippen molar-refractivity contribution >= 4 is 5.95 Å². The minimum atomic E-state index is -2.84. The van der Waals surface area contributed by atoms with Gasteiger partial charge in [-0.25, -0.2) is 22.9 Å². The number of nitrogens with one attached hydrogen (secondary N) is 2. The number of nitrogens with zero attached hydrogens (tertiary/aromatic N) is 2. The van der Waals surface area contributed by atoms with E-state index in [9.17, 15) is 23.5 Å². The van der Waals surface area contributed by atoms with Crippen molar-refractivity contribution in [2.24, 2.45) is 0 Å². The van der Waals surface area contributed by atoms with Crippen molar-refractivity contribution in [3.63, 3.8) is 0 Å². The Hall–Kier alpha value is -2.59. The molecule has 2 aromatic rings. The summed E-state index contributed by atoms with van der Waals surface area (Å²) in [6, 6.07) is 4.23. The molecule has 3 N–H and O–H groups in total. The van der Waals surface area contributed by atoms with E-state index in [1.807, 2.05) is 0 Å². The summed E-state index contributed by atoms with van der Waals surface area (Å²) in [7, 11) is 0. The average Bonchev–Trinajstić information content (AvgIpc) is 2.66. The van der Waals surface area contributed by atoms with E-state index in [0.717, 1.165) is 4.57 Å². The quantitative estimate of drug-likeness (QED) is 0.687. The molecule has 0 spiro atoms. The normalized spacial score (nSPS) is 17.5.